The third-order valence-electron chi connectivity index (χ3n) is 2.27. The van der Waals surface area contributed by atoms with Gasteiger partial charge < -0.3 is 5.73 Å². The topological polar surface area (TPSA) is 26.0 Å². The normalized spacial score (nSPS) is 11.8. The molecular formula is C12H16F3NS. The van der Waals surface area contributed by atoms with Gasteiger partial charge in [-0.25, -0.2) is 0 Å². The molecule has 1 aromatic rings. The van der Waals surface area contributed by atoms with Gasteiger partial charge in [0.2, 0.25) is 0 Å². The molecule has 0 aliphatic carbocycles. The second-order valence-corrected chi connectivity index (χ2v) is 4.87. The van der Waals surface area contributed by atoms with Crippen LogP contribution in [0.5, 0.6) is 0 Å². The molecule has 0 heterocycles. The van der Waals surface area contributed by atoms with Crippen LogP contribution in [0.2, 0.25) is 0 Å². The van der Waals surface area contributed by atoms with E-state index in [1.807, 2.05) is 6.92 Å². The van der Waals surface area contributed by atoms with Crippen molar-refractivity contribution in [3.8, 4) is 0 Å². The van der Waals surface area contributed by atoms with Crippen LogP contribution in [-0.2, 0) is 12.6 Å². The first-order valence-corrected chi connectivity index (χ1v) is 6.50. The number of thioether (sulfide) groups is 1. The van der Waals surface area contributed by atoms with E-state index in [1.165, 1.54) is 23.9 Å². The molecule has 0 amide bonds. The Morgan fingerprint density at radius 1 is 1.29 bits per heavy atom. The van der Waals surface area contributed by atoms with Crippen LogP contribution in [0.3, 0.4) is 0 Å². The minimum absolute atomic E-state index is 0.227. The van der Waals surface area contributed by atoms with E-state index in [2.05, 4.69) is 0 Å². The lowest BCUT2D eigenvalue weighted by molar-refractivity contribution is -0.138. The Kier molecular flexibility index (Phi) is 5.33. The fraction of sp³-hybridized carbons (Fsp3) is 0.500. The Balaban J connectivity index is 3.01. The molecule has 0 radical (unpaired) electrons. The molecule has 0 saturated heterocycles. The molecule has 0 aromatic heterocycles. The summed E-state index contributed by atoms with van der Waals surface area (Å²) < 4.78 is 38.5. The van der Waals surface area contributed by atoms with Crippen molar-refractivity contribution in [3.05, 3.63) is 29.3 Å². The number of benzene rings is 1. The highest BCUT2D eigenvalue weighted by atomic mass is 32.2. The molecule has 0 unspecified atom stereocenters. The molecule has 2 N–H and O–H groups in total. The predicted molar refractivity (Wildman–Crippen MR) is 65.2 cm³/mol. The Morgan fingerprint density at radius 3 is 2.53 bits per heavy atom. The molecule has 0 atom stereocenters. The van der Waals surface area contributed by atoms with Crippen molar-refractivity contribution < 1.29 is 13.2 Å². The van der Waals surface area contributed by atoms with Crippen molar-refractivity contribution in [2.45, 2.75) is 30.8 Å². The Morgan fingerprint density at radius 2 is 2.00 bits per heavy atom. The molecule has 96 valence electrons. The maximum Gasteiger partial charge on any atom is 0.416 e. The van der Waals surface area contributed by atoms with Crippen molar-refractivity contribution in [2.75, 3.05) is 12.3 Å². The largest absolute Gasteiger partial charge is 0.416 e. The molecule has 0 aliphatic heterocycles. The quantitative estimate of drug-likeness (QED) is 0.820. The van der Waals surface area contributed by atoms with E-state index >= 15 is 0 Å². The summed E-state index contributed by atoms with van der Waals surface area (Å²) in [5, 5.41) is 0. The zero-order valence-corrected chi connectivity index (χ0v) is 10.5. The summed E-state index contributed by atoms with van der Waals surface area (Å²) >= 11 is 1.45. The summed E-state index contributed by atoms with van der Waals surface area (Å²) in [4.78, 5) is 0.667. The molecule has 0 fully saturated rings. The predicted octanol–water partition coefficient (Wildman–Crippen LogP) is 3.71. The number of nitrogens with two attached hydrogens (primary N) is 1. The van der Waals surface area contributed by atoms with E-state index in [-0.39, 0.29) is 18.5 Å². The van der Waals surface area contributed by atoms with Crippen molar-refractivity contribution in [3.63, 3.8) is 0 Å². The third-order valence-corrected chi connectivity index (χ3v) is 3.47. The van der Waals surface area contributed by atoms with Crippen molar-refractivity contribution in [1.29, 1.82) is 0 Å². The fourth-order valence-electron chi connectivity index (χ4n) is 1.50. The summed E-state index contributed by atoms with van der Waals surface area (Å²) in [6.45, 7) is 2.23. The zero-order chi connectivity index (χ0) is 12.9. The summed E-state index contributed by atoms with van der Waals surface area (Å²) in [6, 6.07) is 4.50. The third kappa shape index (κ3) is 4.24. The number of rotatable bonds is 5. The molecule has 0 spiro atoms. The molecule has 0 aliphatic rings. The maximum absolute atomic E-state index is 12.8. The zero-order valence-electron chi connectivity index (χ0n) is 9.68. The lowest BCUT2D eigenvalue weighted by Gasteiger charge is -2.13. The molecule has 0 bridgehead atoms. The van der Waals surface area contributed by atoms with Gasteiger partial charge in [-0.15, -0.1) is 11.8 Å². The van der Waals surface area contributed by atoms with E-state index in [0.29, 0.717) is 4.90 Å². The molecule has 1 nitrogen and oxygen atoms in total. The van der Waals surface area contributed by atoms with Crippen LogP contribution in [0.15, 0.2) is 23.1 Å². The van der Waals surface area contributed by atoms with Gasteiger partial charge in [-0.05, 0) is 42.8 Å². The van der Waals surface area contributed by atoms with Crippen LogP contribution in [0.25, 0.3) is 0 Å². The summed E-state index contributed by atoms with van der Waals surface area (Å²) in [5.74, 6) is 0.827. The van der Waals surface area contributed by atoms with E-state index in [1.54, 1.807) is 6.07 Å². The van der Waals surface area contributed by atoms with Crippen LogP contribution < -0.4 is 5.73 Å². The van der Waals surface area contributed by atoms with E-state index in [4.69, 9.17) is 5.73 Å². The standard InChI is InChI=1S/C12H16F3NS/c1-2-7-17-10-4-3-9(5-6-16)11(8-10)12(13,14)15/h3-4,8H,2,5-7,16H2,1H3. The summed E-state index contributed by atoms with van der Waals surface area (Å²) in [6.07, 6.45) is -3.10. The smallest absolute Gasteiger partial charge is 0.330 e. The van der Waals surface area contributed by atoms with Gasteiger partial charge in [0.25, 0.3) is 0 Å². The van der Waals surface area contributed by atoms with Crippen LogP contribution in [0.4, 0.5) is 13.2 Å². The molecule has 1 aromatic carbocycles. The van der Waals surface area contributed by atoms with Gasteiger partial charge in [0.05, 0.1) is 5.56 Å². The van der Waals surface area contributed by atoms with Crippen molar-refractivity contribution in [2.24, 2.45) is 5.73 Å². The fourth-order valence-corrected chi connectivity index (χ4v) is 2.31. The molecule has 5 heteroatoms. The Labute approximate surface area is 104 Å². The average Bonchev–Trinajstić information content (AvgIpc) is 2.26. The first kappa shape index (κ1) is 14.4. The lowest BCUT2D eigenvalue weighted by Crippen LogP contribution is -2.12. The van der Waals surface area contributed by atoms with Crippen molar-refractivity contribution in [1.82, 2.24) is 0 Å². The molecule has 1 rings (SSSR count). The van der Waals surface area contributed by atoms with Gasteiger partial charge in [-0.1, -0.05) is 13.0 Å². The van der Waals surface area contributed by atoms with Crippen molar-refractivity contribution >= 4 is 11.8 Å². The average molecular weight is 263 g/mol. The SMILES string of the molecule is CCCSc1ccc(CCN)c(C(F)(F)F)c1. The number of halogens is 3. The maximum atomic E-state index is 12.8. The second kappa shape index (κ2) is 6.31. The monoisotopic (exact) mass is 263 g/mol. The number of hydrogen-bond acceptors (Lipinski definition) is 2. The van der Waals surface area contributed by atoms with Gasteiger partial charge >= 0.3 is 6.18 Å². The minimum atomic E-state index is -4.30. The highest BCUT2D eigenvalue weighted by Gasteiger charge is 2.33. The number of hydrogen-bond donors (Lipinski definition) is 1. The second-order valence-electron chi connectivity index (χ2n) is 3.70. The van der Waals surface area contributed by atoms with Gasteiger partial charge in [0.1, 0.15) is 0 Å². The summed E-state index contributed by atoms with van der Waals surface area (Å²) in [5.41, 5.74) is 5.05. The van der Waals surface area contributed by atoms with Crippen LogP contribution in [0.1, 0.15) is 24.5 Å². The molecule has 17 heavy (non-hydrogen) atoms. The highest BCUT2D eigenvalue weighted by Crippen LogP contribution is 2.35. The Hall–Kier alpha value is -0.680. The molecular weight excluding hydrogens is 247 g/mol. The summed E-state index contributed by atoms with van der Waals surface area (Å²) in [7, 11) is 0. The van der Waals surface area contributed by atoms with Gasteiger partial charge in [-0.2, -0.15) is 13.2 Å². The first-order valence-electron chi connectivity index (χ1n) is 5.52. The van der Waals surface area contributed by atoms with E-state index < -0.39 is 11.7 Å². The van der Waals surface area contributed by atoms with Gasteiger partial charge in [-0.3, -0.25) is 0 Å². The van der Waals surface area contributed by atoms with E-state index in [0.717, 1.165) is 12.2 Å². The van der Waals surface area contributed by atoms with Gasteiger partial charge in [0.15, 0.2) is 0 Å². The highest BCUT2D eigenvalue weighted by molar-refractivity contribution is 7.99. The lowest BCUT2D eigenvalue weighted by atomic mass is 10.0. The minimum Gasteiger partial charge on any atom is -0.330 e. The number of alkyl halides is 3. The van der Waals surface area contributed by atoms with Crippen LogP contribution in [-0.4, -0.2) is 12.3 Å². The first-order chi connectivity index (χ1) is 7.99. The van der Waals surface area contributed by atoms with E-state index in [9.17, 15) is 13.2 Å². The Bertz CT molecular complexity index is 363. The van der Waals surface area contributed by atoms with Crippen LogP contribution >= 0.6 is 11.8 Å². The molecule has 0 saturated carbocycles. The van der Waals surface area contributed by atoms with Crippen LogP contribution in [0, 0.1) is 0 Å². The van der Waals surface area contributed by atoms with Gasteiger partial charge in [0, 0.05) is 4.90 Å².